The normalized spacial score (nSPS) is 22.1. The summed E-state index contributed by atoms with van der Waals surface area (Å²) >= 11 is 0. The molecule has 0 heterocycles. The lowest BCUT2D eigenvalue weighted by atomic mass is 9.89. The molecule has 0 bridgehead atoms. The lowest BCUT2D eigenvalue weighted by molar-refractivity contribution is 0.00867. The number of ether oxygens (including phenoxy) is 1. The zero-order valence-electron chi connectivity index (χ0n) is 11.9. The SMILES string of the molecule is CC1CCC(OCc2ccc(F)cc2C#CCO)CC1. The Balaban J connectivity index is 1.98. The van der Waals surface area contributed by atoms with Gasteiger partial charge in [0.15, 0.2) is 0 Å². The molecule has 0 unspecified atom stereocenters. The number of aliphatic hydroxyl groups is 1. The van der Waals surface area contributed by atoms with Gasteiger partial charge in [0.1, 0.15) is 12.4 Å². The minimum absolute atomic E-state index is 0.225. The maximum atomic E-state index is 13.2. The van der Waals surface area contributed by atoms with Crippen LogP contribution in [0.3, 0.4) is 0 Å². The predicted octanol–water partition coefficient (Wildman–Crippen LogP) is 3.26. The maximum Gasteiger partial charge on any atom is 0.124 e. The Morgan fingerprint density at radius 1 is 1.30 bits per heavy atom. The molecule has 0 aliphatic heterocycles. The number of benzene rings is 1. The van der Waals surface area contributed by atoms with E-state index in [1.54, 1.807) is 6.07 Å². The molecular weight excluding hydrogens is 255 g/mol. The van der Waals surface area contributed by atoms with Crippen LogP contribution in [0.4, 0.5) is 4.39 Å². The molecule has 0 atom stereocenters. The van der Waals surface area contributed by atoms with Crippen molar-refractivity contribution in [3.8, 4) is 11.8 Å². The van der Waals surface area contributed by atoms with Crippen molar-refractivity contribution in [1.82, 2.24) is 0 Å². The Morgan fingerprint density at radius 3 is 2.75 bits per heavy atom. The van der Waals surface area contributed by atoms with Crippen molar-refractivity contribution in [1.29, 1.82) is 0 Å². The molecule has 108 valence electrons. The predicted molar refractivity (Wildman–Crippen MR) is 76.6 cm³/mol. The highest BCUT2D eigenvalue weighted by Gasteiger charge is 2.18. The number of aliphatic hydroxyl groups excluding tert-OH is 1. The van der Waals surface area contributed by atoms with Crippen LogP contribution in [0, 0.1) is 23.6 Å². The molecule has 1 N–H and O–H groups in total. The van der Waals surface area contributed by atoms with E-state index >= 15 is 0 Å². The van der Waals surface area contributed by atoms with E-state index < -0.39 is 0 Å². The zero-order chi connectivity index (χ0) is 14.4. The Bertz CT molecular complexity index is 493. The van der Waals surface area contributed by atoms with Gasteiger partial charge in [0.2, 0.25) is 0 Å². The smallest absolute Gasteiger partial charge is 0.124 e. The van der Waals surface area contributed by atoms with E-state index in [1.807, 2.05) is 0 Å². The number of hydrogen-bond donors (Lipinski definition) is 1. The molecule has 0 aromatic heterocycles. The summed E-state index contributed by atoms with van der Waals surface area (Å²) in [6.45, 7) is 2.50. The topological polar surface area (TPSA) is 29.5 Å². The second kappa shape index (κ2) is 7.42. The van der Waals surface area contributed by atoms with Crippen molar-refractivity contribution in [3.05, 3.63) is 35.1 Å². The molecule has 3 heteroatoms. The van der Waals surface area contributed by atoms with Crippen LogP contribution in [0.2, 0.25) is 0 Å². The number of halogens is 1. The molecule has 2 nitrogen and oxygen atoms in total. The first-order chi connectivity index (χ1) is 9.69. The molecule has 0 radical (unpaired) electrons. The van der Waals surface area contributed by atoms with E-state index in [0.717, 1.165) is 24.3 Å². The fourth-order valence-electron chi connectivity index (χ4n) is 2.53. The second-order valence-corrected chi connectivity index (χ2v) is 5.45. The molecule has 1 aliphatic rings. The molecule has 1 saturated carbocycles. The van der Waals surface area contributed by atoms with Crippen LogP contribution in [0.25, 0.3) is 0 Å². The summed E-state index contributed by atoms with van der Waals surface area (Å²) in [7, 11) is 0. The van der Waals surface area contributed by atoms with E-state index in [2.05, 4.69) is 18.8 Å². The van der Waals surface area contributed by atoms with Crippen LogP contribution in [0.15, 0.2) is 18.2 Å². The Labute approximate surface area is 120 Å². The van der Waals surface area contributed by atoms with E-state index in [1.165, 1.54) is 25.0 Å². The van der Waals surface area contributed by atoms with Crippen LogP contribution in [0.1, 0.15) is 43.7 Å². The summed E-state index contributed by atoms with van der Waals surface area (Å²) in [6, 6.07) is 4.53. The van der Waals surface area contributed by atoms with Crippen molar-refractivity contribution in [2.24, 2.45) is 5.92 Å². The van der Waals surface area contributed by atoms with Gasteiger partial charge in [0, 0.05) is 5.56 Å². The summed E-state index contributed by atoms with van der Waals surface area (Å²) < 4.78 is 19.2. The summed E-state index contributed by atoms with van der Waals surface area (Å²) in [6.07, 6.45) is 4.92. The monoisotopic (exact) mass is 276 g/mol. The van der Waals surface area contributed by atoms with Gasteiger partial charge in [-0.3, -0.25) is 0 Å². The Hall–Kier alpha value is -1.37. The van der Waals surface area contributed by atoms with Crippen molar-refractivity contribution in [2.45, 2.75) is 45.3 Å². The quantitative estimate of drug-likeness (QED) is 0.859. The molecule has 20 heavy (non-hydrogen) atoms. The Kier molecular flexibility index (Phi) is 5.58. The first kappa shape index (κ1) is 15.0. The molecule has 0 amide bonds. The average Bonchev–Trinajstić information content (AvgIpc) is 2.46. The summed E-state index contributed by atoms with van der Waals surface area (Å²) in [5, 5.41) is 8.75. The minimum Gasteiger partial charge on any atom is -0.384 e. The molecule has 1 aromatic rings. The van der Waals surface area contributed by atoms with Crippen molar-refractivity contribution in [2.75, 3.05) is 6.61 Å². The average molecular weight is 276 g/mol. The summed E-state index contributed by atoms with van der Waals surface area (Å²) in [4.78, 5) is 0. The Morgan fingerprint density at radius 2 is 2.05 bits per heavy atom. The summed E-state index contributed by atoms with van der Waals surface area (Å²) in [5.74, 6) is 5.82. The first-order valence-corrected chi connectivity index (χ1v) is 7.19. The van der Waals surface area contributed by atoms with Crippen LogP contribution >= 0.6 is 0 Å². The third-order valence-corrected chi connectivity index (χ3v) is 3.81. The first-order valence-electron chi connectivity index (χ1n) is 7.19. The fourth-order valence-corrected chi connectivity index (χ4v) is 2.53. The molecule has 1 fully saturated rings. The number of rotatable bonds is 3. The molecule has 1 aliphatic carbocycles. The molecule has 2 rings (SSSR count). The molecular formula is C17H21FO2. The molecule has 1 aromatic carbocycles. The van der Waals surface area contributed by atoms with Crippen molar-refractivity contribution in [3.63, 3.8) is 0 Å². The van der Waals surface area contributed by atoms with Crippen LogP contribution in [0.5, 0.6) is 0 Å². The van der Waals surface area contributed by atoms with Crippen molar-refractivity contribution < 1.29 is 14.2 Å². The summed E-state index contributed by atoms with van der Waals surface area (Å²) in [5.41, 5.74) is 1.48. The van der Waals surface area contributed by atoms with E-state index in [4.69, 9.17) is 9.84 Å². The van der Waals surface area contributed by atoms with Gasteiger partial charge < -0.3 is 9.84 Å². The van der Waals surface area contributed by atoms with Gasteiger partial charge in [-0.15, -0.1) is 0 Å². The standard InChI is InChI=1S/C17H21FO2/c1-13-4-8-17(9-5-13)20-12-15-6-7-16(18)11-14(15)3-2-10-19/h6-7,11,13,17,19H,4-5,8-10,12H2,1H3. The molecule has 0 saturated heterocycles. The van der Waals surface area contributed by atoms with Gasteiger partial charge in [0.05, 0.1) is 12.7 Å². The lowest BCUT2D eigenvalue weighted by Crippen LogP contribution is -2.20. The highest BCUT2D eigenvalue weighted by molar-refractivity contribution is 5.41. The minimum atomic E-state index is -0.317. The molecule has 0 spiro atoms. The largest absolute Gasteiger partial charge is 0.384 e. The third kappa shape index (κ3) is 4.33. The van der Waals surface area contributed by atoms with Crippen LogP contribution < -0.4 is 0 Å². The van der Waals surface area contributed by atoms with Gasteiger partial charge in [-0.05, 0) is 49.3 Å². The van der Waals surface area contributed by atoms with Gasteiger partial charge in [-0.1, -0.05) is 24.8 Å². The van der Waals surface area contributed by atoms with Crippen molar-refractivity contribution >= 4 is 0 Å². The lowest BCUT2D eigenvalue weighted by Gasteiger charge is -2.26. The van der Waals surface area contributed by atoms with Gasteiger partial charge >= 0.3 is 0 Å². The number of hydrogen-bond acceptors (Lipinski definition) is 2. The van der Waals surface area contributed by atoms with Gasteiger partial charge in [-0.2, -0.15) is 0 Å². The van der Waals surface area contributed by atoms with Gasteiger partial charge in [-0.25, -0.2) is 4.39 Å². The van der Waals surface area contributed by atoms with Crippen LogP contribution in [-0.2, 0) is 11.3 Å². The van der Waals surface area contributed by atoms with E-state index in [-0.39, 0.29) is 12.4 Å². The highest BCUT2D eigenvalue weighted by Crippen LogP contribution is 2.26. The van der Waals surface area contributed by atoms with Gasteiger partial charge in [0.25, 0.3) is 0 Å². The van der Waals surface area contributed by atoms with Crippen LogP contribution in [-0.4, -0.2) is 17.8 Å². The third-order valence-electron chi connectivity index (χ3n) is 3.81. The maximum absolute atomic E-state index is 13.2. The highest BCUT2D eigenvalue weighted by atomic mass is 19.1. The fraction of sp³-hybridized carbons (Fsp3) is 0.529. The second-order valence-electron chi connectivity index (χ2n) is 5.45. The van der Waals surface area contributed by atoms with E-state index in [0.29, 0.717) is 18.3 Å². The zero-order valence-corrected chi connectivity index (χ0v) is 11.9. The van der Waals surface area contributed by atoms with E-state index in [9.17, 15) is 4.39 Å².